The first-order chi connectivity index (χ1) is 8.59. The van der Waals surface area contributed by atoms with Crippen LogP contribution in [0.2, 0.25) is 0 Å². The van der Waals surface area contributed by atoms with Gasteiger partial charge >= 0.3 is 0 Å². The van der Waals surface area contributed by atoms with Gasteiger partial charge in [0, 0.05) is 19.6 Å². The number of piperidine rings is 1. The van der Waals surface area contributed by atoms with E-state index < -0.39 is 5.82 Å². The molecule has 3 nitrogen and oxygen atoms in total. The van der Waals surface area contributed by atoms with Crippen LogP contribution in [-0.2, 0) is 0 Å². The lowest BCUT2D eigenvalue weighted by atomic mass is 10.0. The Bertz CT molecular complexity index is 441. The number of carbonyl (C=O) groups excluding carboxylic acids is 1. The second kappa shape index (κ2) is 5.48. The standard InChI is InChI=1S/C14H19FN2O/c1-10-5-6-13(15)12(8-10)14(18)17(2)11-4-3-7-16-9-11/h5-6,8,11,16H,3-4,7,9H2,1-2H3. The van der Waals surface area contributed by atoms with E-state index in [9.17, 15) is 9.18 Å². The van der Waals surface area contributed by atoms with Crippen LogP contribution in [0.3, 0.4) is 0 Å². The molecule has 1 aromatic rings. The van der Waals surface area contributed by atoms with Crippen LogP contribution in [0.4, 0.5) is 4.39 Å². The predicted octanol–water partition coefficient (Wildman–Crippen LogP) is 1.96. The lowest BCUT2D eigenvalue weighted by Gasteiger charge is -2.31. The van der Waals surface area contributed by atoms with Crippen LogP contribution in [0.15, 0.2) is 18.2 Å². The van der Waals surface area contributed by atoms with Crippen molar-refractivity contribution >= 4 is 5.91 Å². The van der Waals surface area contributed by atoms with Gasteiger partial charge < -0.3 is 10.2 Å². The number of benzene rings is 1. The van der Waals surface area contributed by atoms with Gasteiger partial charge in [-0.25, -0.2) is 4.39 Å². The summed E-state index contributed by atoms with van der Waals surface area (Å²) in [6.07, 6.45) is 2.03. The first-order valence-electron chi connectivity index (χ1n) is 6.33. The largest absolute Gasteiger partial charge is 0.337 e. The quantitative estimate of drug-likeness (QED) is 0.870. The van der Waals surface area contributed by atoms with Crippen molar-refractivity contribution < 1.29 is 9.18 Å². The number of amides is 1. The number of halogens is 1. The molecule has 0 saturated carbocycles. The summed E-state index contributed by atoms with van der Waals surface area (Å²) in [7, 11) is 1.75. The minimum atomic E-state index is -0.443. The molecule has 18 heavy (non-hydrogen) atoms. The third kappa shape index (κ3) is 2.70. The van der Waals surface area contributed by atoms with E-state index in [0.29, 0.717) is 0 Å². The van der Waals surface area contributed by atoms with Crippen LogP contribution in [0, 0.1) is 12.7 Å². The Morgan fingerprint density at radius 2 is 2.28 bits per heavy atom. The zero-order valence-corrected chi connectivity index (χ0v) is 10.9. The Hall–Kier alpha value is -1.42. The number of nitrogens with zero attached hydrogens (tertiary/aromatic N) is 1. The normalized spacial score (nSPS) is 19.6. The summed E-state index contributed by atoms with van der Waals surface area (Å²) in [4.78, 5) is 13.9. The van der Waals surface area contributed by atoms with E-state index in [1.54, 1.807) is 24.1 Å². The zero-order chi connectivity index (χ0) is 13.1. The summed E-state index contributed by atoms with van der Waals surface area (Å²) in [5, 5.41) is 3.26. The van der Waals surface area contributed by atoms with Crippen LogP contribution in [0.25, 0.3) is 0 Å². The van der Waals surface area contributed by atoms with Crippen molar-refractivity contribution in [3.05, 3.63) is 35.1 Å². The summed E-state index contributed by atoms with van der Waals surface area (Å²) in [6.45, 7) is 3.64. The van der Waals surface area contributed by atoms with E-state index in [4.69, 9.17) is 0 Å². The van der Waals surface area contributed by atoms with Crippen LogP contribution >= 0.6 is 0 Å². The fourth-order valence-electron chi connectivity index (χ4n) is 2.32. The van der Waals surface area contributed by atoms with Crippen LogP contribution in [0.5, 0.6) is 0 Å². The maximum Gasteiger partial charge on any atom is 0.256 e. The zero-order valence-electron chi connectivity index (χ0n) is 10.9. The lowest BCUT2D eigenvalue weighted by molar-refractivity contribution is 0.0703. The van der Waals surface area contributed by atoms with Crippen molar-refractivity contribution in [3.63, 3.8) is 0 Å². The first-order valence-corrected chi connectivity index (χ1v) is 6.33. The van der Waals surface area contributed by atoms with E-state index in [1.165, 1.54) is 6.07 Å². The van der Waals surface area contributed by atoms with Crippen molar-refractivity contribution in [1.29, 1.82) is 0 Å². The summed E-state index contributed by atoms with van der Waals surface area (Å²) in [5.74, 6) is -0.675. The van der Waals surface area contributed by atoms with Crippen molar-refractivity contribution in [2.75, 3.05) is 20.1 Å². The molecule has 4 heteroatoms. The van der Waals surface area contributed by atoms with Crippen LogP contribution in [-0.4, -0.2) is 37.0 Å². The average Bonchev–Trinajstić information content (AvgIpc) is 2.41. The molecule has 1 heterocycles. The summed E-state index contributed by atoms with van der Waals surface area (Å²) < 4.78 is 13.7. The molecular formula is C14H19FN2O. The van der Waals surface area contributed by atoms with Gasteiger partial charge in [-0.1, -0.05) is 11.6 Å². The summed E-state index contributed by atoms with van der Waals surface area (Å²) in [5.41, 5.74) is 1.07. The van der Waals surface area contributed by atoms with Gasteiger partial charge in [0.1, 0.15) is 5.82 Å². The Morgan fingerprint density at radius 1 is 1.50 bits per heavy atom. The first kappa shape index (κ1) is 13.0. The fourth-order valence-corrected chi connectivity index (χ4v) is 2.32. The number of carbonyl (C=O) groups is 1. The molecule has 1 unspecified atom stereocenters. The number of likely N-dealkylation sites (N-methyl/N-ethyl adjacent to an activating group) is 1. The molecule has 0 bridgehead atoms. The van der Waals surface area contributed by atoms with Gasteiger partial charge in [-0.2, -0.15) is 0 Å². The van der Waals surface area contributed by atoms with Crippen LogP contribution < -0.4 is 5.32 Å². The Balaban J connectivity index is 2.16. The Kier molecular flexibility index (Phi) is 3.97. The number of aryl methyl sites for hydroxylation is 1. The minimum Gasteiger partial charge on any atom is -0.337 e. The molecule has 1 fully saturated rings. The van der Waals surface area contributed by atoms with Gasteiger partial charge in [-0.15, -0.1) is 0 Å². The average molecular weight is 250 g/mol. The molecule has 2 rings (SSSR count). The highest BCUT2D eigenvalue weighted by molar-refractivity contribution is 5.94. The fraction of sp³-hybridized carbons (Fsp3) is 0.500. The van der Waals surface area contributed by atoms with E-state index in [2.05, 4.69) is 5.32 Å². The number of rotatable bonds is 2. The Morgan fingerprint density at radius 3 is 2.94 bits per heavy atom. The molecule has 1 saturated heterocycles. The smallest absolute Gasteiger partial charge is 0.256 e. The highest BCUT2D eigenvalue weighted by Gasteiger charge is 2.24. The highest BCUT2D eigenvalue weighted by atomic mass is 19.1. The van der Waals surface area contributed by atoms with E-state index >= 15 is 0 Å². The molecule has 1 amide bonds. The SMILES string of the molecule is Cc1ccc(F)c(C(=O)N(C)C2CCCNC2)c1. The lowest BCUT2D eigenvalue weighted by Crippen LogP contribution is -2.46. The predicted molar refractivity (Wildman–Crippen MR) is 69.1 cm³/mol. The van der Waals surface area contributed by atoms with Gasteiger partial charge in [0.25, 0.3) is 5.91 Å². The molecule has 98 valence electrons. The molecule has 1 N–H and O–H groups in total. The van der Waals surface area contributed by atoms with E-state index in [0.717, 1.165) is 31.5 Å². The molecule has 0 aliphatic carbocycles. The van der Waals surface area contributed by atoms with Crippen molar-refractivity contribution in [1.82, 2.24) is 10.2 Å². The van der Waals surface area contributed by atoms with Gasteiger partial charge in [-0.05, 0) is 38.4 Å². The molecule has 0 aromatic heterocycles. The molecule has 1 atom stereocenters. The monoisotopic (exact) mass is 250 g/mol. The molecular weight excluding hydrogens is 231 g/mol. The van der Waals surface area contributed by atoms with Crippen molar-refractivity contribution in [2.45, 2.75) is 25.8 Å². The number of hydrogen-bond acceptors (Lipinski definition) is 2. The van der Waals surface area contributed by atoms with E-state index in [1.807, 2.05) is 6.92 Å². The summed E-state index contributed by atoms with van der Waals surface area (Å²) >= 11 is 0. The van der Waals surface area contributed by atoms with E-state index in [-0.39, 0.29) is 17.5 Å². The molecule has 1 aliphatic heterocycles. The maximum atomic E-state index is 13.7. The second-order valence-electron chi connectivity index (χ2n) is 4.90. The molecule has 1 aromatic carbocycles. The van der Waals surface area contributed by atoms with Gasteiger partial charge in [0.2, 0.25) is 0 Å². The highest BCUT2D eigenvalue weighted by Crippen LogP contribution is 2.16. The third-order valence-electron chi connectivity index (χ3n) is 3.49. The van der Waals surface area contributed by atoms with Crippen LogP contribution in [0.1, 0.15) is 28.8 Å². The topological polar surface area (TPSA) is 32.3 Å². The summed E-state index contributed by atoms with van der Waals surface area (Å²) in [6, 6.07) is 4.81. The van der Waals surface area contributed by atoms with Crippen molar-refractivity contribution in [3.8, 4) is 0 Å². The molecule has 0 spiro atoms. The molecule has 1 aliphatic rings. The van der Waals surface area contributed by atoms with Gasteiger partial charge in [0.15, 0.2) is 0 Å². The van der Waals surface area contributed by atoms with Gasteiger partial charge in [-0.3, -0.25) is 4.79 Å². The number of hydrogen-bond donors (Lipinski definition) is 1. The minimum absolute atomic E-state index is 0.158. The van der Waals surface area contributed by atoms with Crippen molar-refractivity contribution in [2.24, 2.45) is 0 Å². The Labute approximate surface area is 107 Å². The second-order valence-corrected chi connectivity index (χ2v) is 4.90. The third-order valence-corrected chi connectivity index (χ3v) is 3.49. The number of nitrogens with one attached hydrogen (secondary N) is 1. The van der Waals surface area contributed by atoms with Gasteiger partial charge in [0.05, 0.1) is 5.56 Å². The molecule has 0 radical (unpaired) electrons. The maximum absolute atomic E-state index is 13.7.